The molecule has 1 heterocycles. The maximum Gasteiger partial charge on any atom is 0.119 e. The van der Waals surface area contributed by atoms with Gasteiger partial charge in [0.05, 0.1) is 7.11 Å². The van der Waals surface area contributed by atoms with Crippen LogP contribution in [0.5, 0.6) is 5.75 Å². The van der Waals surface area contributed by atoms with Crippen LogP contribution >= 0.6 is 0 Å². The molecule has 116 valence electrons. The van der Waals surface area contributed by atoms with Crippen LogP contribution in [0.2, 0.25) is 0 Å². The SMILES string of the molecule is CCN(CC)C(C)(CN)Cc1c[nH]c2ccc(OC)cc12. The standard InChI is InChI=1S/C17H27N3O/c1-5-20(6-2)17(3,12-18)10-13-11-19-16-8-7-14(21-4)9-15(13)16/h7-9,11,19H,5-6,10,12,18H2,1-4H3. The smallest absolute Gasteiger partial charge is 0.119 e. The first-order valence-electron chi connectivity index (χ1n) is 7.67. The third-order valence-corrected chi connectivity index (χ3v) is 4.51. The van der Waals surface area contributed by atoms with Gasteiger partial charge in [-0.2, -0.15) is 0 Å². The van der Waals surface area contributed by atoms with Gasteiger partial charge < -0.3 is 15.5 Å². The van der Waals surface area contributed by atoms with Crippen LogP contribution in [0, 0.1) is 0 Å². The van der Waals surface area contributed by atoms with E-state index >= 15 is 0 Å². The van der Waals surface area contributed by atoms with Crippen LogP contribution in [0.15, 0.2) is 24.4 Å². The van der Waals surface area contributed by atoms with Crippen LogP contribution in [0.1, 0.15) is 26.3 Å². The molecule has 0 fully saturated rings. The minimum atomic E-state index is -0.0261. The zero-order valence-corrected chi connectivity index (χ0v) is 13.6. The number of aromatic nitrogens is 1. The van der Waals surface area contributed by atoms with Crippen molar-refractivity contribution in [2.45, 2.75) is 32.7 Å². The fourth-order valence-electron chi connectivity index (χ4n) is 3.14. The number of nitrogens with two attached hydrogens (primary N) is 1. The molecule has 0 saturated carbocycles. The van der Waals surface area contributed by atoms with Crippen LogP contribution in [0.4, 0.5) is 0 Å². The fraction of sp³-hybridized carbons (Fsp3) is 0.529. The Bertz CT molecular complexity index is 589. The van der Waals surface area contributed by atoms with Crippen molar-refractivity contribution in [3.8, 4) is 5.75 Å². The molecule has 2 rings (SSSR count). The maximum atomic E-state index is 6.10. The summed E-state index contributed by atoms with van der Waals surface area (Å²) in [6.45, 7) is 9.29. The van der Waals surface area contributed by atoms with Crippen LogP contribution in [-0.2, 0) is 6.42 Å². The van der Waals surface area contributed by atoms with E-state index in [1.807, 2.05) is 6.07 Å². The number of nitrogens with one attached hydrogen (secondary N) is 1. The molecule has 0 aliphatic carbocycles. The largest absolute Gasteiger partial charge is 0.497 e. The normalized spacial score (nSPS) is 14.6. The summed E-state index contributed by atoms with van der Waals surface area (Å²) in [6, 6.07) is 6.14. The number of aromatic amines is 1. The maximum absolute atomic E-state index is 6.10. The lowest BCUT2D eigenvalue weighted by Gasteiger charge is -2.39. The highest BCUT2D eigenvalue weighted by atomic mass is 16.5. The summed E-state index contributed by atoms with van der Waals surface area (Å²) in [6.07, 6.45) is 3.03. The minimum Gasteiger partial charge on any atom is -0.497 e. The third kappa shape index (κ3) is 3.06. The van der Waals surface area contributed by atoms with Gasteiger partial charge in [-0.1, -0.05) is 13.8 Å². The number of benzene rings is 1. The van der Waals surface area contributed by atoms with Crippen LogP contribution < -0.4 is 10.5 Å². The molecule has 4 heteroatoms. The number of rotatable bonds is 7. The molecule has 2 aromatic rings. The highest BCUT2D eigenvalue weighted by Crippen LogP contribution is 2.28. The molecule has 0 radical (unpaired) electrons. The summed E-state index contributed by atoms with van der Waals surface area (Å²) in [5, 5.41) is 1.22. The second kappa shape index (κ2) is 6.50. The lowest BCUT2D eigenvalue weighted by Crippen LogP contribution is -2.53. The highest BCUT2D eigenvalue weighted by molar-refractivity contribution is 5.84. The van der Waals surface area contributed by atoms with Crippen molar-refractivity contribution in [1.29, 1.82) is 0 Å². The summed E-state index contributed by atoms with van der Waals surface area (Å²) in [5.74, 6) is 0.889. The summed E-state index contributed by atoms with van der Waals surface area (Å²) in [4.78, 5) is 5.78. The van der Waals surface area contributed by atoms with E-state index in [1.165, 1.54) is 10.9 Å². The fourth-order valence-corrected chi connectivity index (χ4v) is 3.14. The quantitative estimate of drug-likeness (QED) is 0.824. The average Bonchev–Trinajstić information content (AvgIpc) is 2.90. The first-order valence-corrected chi connectivity index (χ1v) is 7.67. The Labute approximate surface area is 127 Å². The van der Waals surface area contributed by atoms with Crippen molar-refractivity contribution < 1.29 is 4.74 Å². The molecule has 1 unspecified atom stereocenters. The van der Waals surface area contributed by atoms with Gasteiger partial charge in [0.2, 0.25) is 0 Å². The van der Waals surface area contributed by atoms with Gasteiger partial charge in [-0.15, -0.1) is 0 Å². The van der Waals surface area contributed by atoms with Gasteiger partial charge >= 0.3 is 0 Å². The molecule has 3 N–H and O–H groups in total. The van der Waals surface area contributed by atoms with Crippen LogP contribution in [0.3, 0.4) is 0 Å². The van der Waals surface area contributed by atoms with E-state index < -0.39 is 0 Å². The molecule has 4 nitrogen and oxygen atoms in total. The van der Waals surface area contributed by atoms with Gasteiger partial charge in [-0.25, -0.2) is 0 Å². The van der Waals surface area contributed by atoms with Gasteiger partial charge in [-0.3, -0.25) is 4.90 Å². The second-order valence-electron chi connectivity index (χ2n) is 5.78. The molecule has 1 aromatic heterocycles. The number of ether oxygens (including phenoxy) is 1. The highest BCUT2D eigenvalue weighted by Gasteiger charge is 2.29. The Morgan fingerprint density at radius 1 is 1.29 bits per heavy atom. The predicted octanol–water partition coefficient (Wildman–Crippen LogP) is 2.78. The Balaban J connectivity index is 2.37. The van der Waals surface area contributed by atoms with E-state index in [2.05, 4.69) is 49.0 Å². The predicted molar refractivity (Wildman–Crippen MR) is 88.9 cm³/mol. The molecule has 0 aliphatic heterocycles. The van der Waals surface area contributed by atoms with Gasteiger partial charge in [0.15, 0.2) is 0 Å². The van der Waals surface area contributed by atoms with Crippen molar-refractivity contribution in [1.82, 2.24) is 9.88 Å². The van der Waals surface area contributed by atoms with E-state index in [0.717, 1.165) is 30.8 Å². The summed E-state index contributed by atoms with van der Waals surface area (Å²) in [7, 11) is 1.70. The Hall–Kier alpha value is -1.52. The van der Waals surface area contributed by atoms with E-state index in [1.54, 1.807) is 7.11 Å². The van der Waals surface area contributed by atoms with Crippen molar-refractivity contribution in [3.05, 3.63) is 30.0 Å². The van der Waals surface area contributed by atoms with E-state index in [9.17, 15) is 0 Å². The van der Waals surface area contributed by atoms with E-state index in [-0.39, 0.29) is 5.54 Å². The summed E-state index contributed by atoms with van der Waals surface area (Å²) >= 11 is 0. The number of methoxy groups -OCH3 is 1. The lowest BCUT2D eigenvalue weighted by atomic mass is 9.90. The summed E-state index contributed by atoms with van der Waals surface area (Å²) < 4.78 is 5.34. The molecular weight excluding hydrogens is 262 g/mol. The first-order chi connectivity index (χ1) is 10.1. The molecule has 1 aromatic carbocycles. The molecule has 0 bridgehead atoms. The number of nitrogens with zero attached hydrogens (tertiary/aromatic N) is 1. The zero-order chi connectivity index (χ0) is 15.5. The lowest BCUT2D eigenvalue weighted by molar-refractivity contribution is 0.124. The van der Waals surface area contributed by atoms with Crippen molar-refractivity contribution in [2.24, 2.45) is 5.73 Å². The number of hydrogen-bond acceptors (Lipinski definition) is 3. The Kier molecular flexibility index (Phi) is 4.91. The van der Waals surface area contributed by atoms with Crippen molar-refractivity contribution in [2.75, 3.05) is 26.7 Å². The third-order valence-electron chi connectivity index (χ3n) is 4.51. The second-order valence-corrected chi connectivity index (χ2v) is 5.78. The average molecular weight is 289 g/mol. The minimum absolute atomic E-state index is 0.0261. The molecule has 0 amide bonds. The van der Waals surface area contributed by atoms with Crippen molar-refractivity contribution in [3.63, 3.8) is 0 Å². The number of fused-ring (bicyclic) bond motifs is 1. The molecule has 0 spiro atoms. The Morgan fingerprint density at radius 3 is 2.57 bits per heavy atom. The van der Waals surface area contributed by atoms with E-state index in [4.69, 9.17) is 10.5 Å². The Morgan fingerprint density at radius 2 is 2.00 bits per heavy atom. The molecular formula is C17H27N3O. The topological polar surface area (TPSA) is 54.3 Å². The van der Waals surface area contributed by atoms with Gasteiger partial charge in [0, 0.05) is 29.2 Å². The number of hydrogen-bond donors (Lipinski definition) is 2. The van der Waals surface area contributed by atoms with Gasteiger partial charge in [0.25, 0.3) is 0 Å². The number of H-pyrrole nitrogens is 1. The van der Waals surface area contributed by atoms with Crippen molar-refractivity contribution >= 4 is 10.9 Å². The zero-order valence-electron chi connectivity index (χ0n) is 13.6. The molecule has 21 heavy (non-hydrogen) atoms. The number of likely N-dealkylation sites (N-methyl/N-ethyl adjacent to an activating group) is 1. The van der Waals surface area contributed by atoms with Crippen LogP contribution in [-0.4, -0.2) is 42.2 Å². The monoisotopic (exact) mass is 289 g/mol. The molecule has 1 atom stereocenters. The first kappa shape index (κ1) is 15.9. The molecule has 0 saturated heterocycles. The molecule has 0 aliphatic rings. The van der Waals surface area contributed by atoms with Crippen LogP contribution in [0.25, 0.3) is 10.9 Å². The van der Waals surface area contributed by atoms with E-state index in [0.29, 0.717) is 6.54 Å². The van der Waals surface area contributed by atoms with Gasteiger partial charge in [0.1, 0.15) is 5.75 Å². The van der Waals surface area contributed by atoms with Gasteiger partial charge in [-0.05, 0) is 50.2 Å². The summed E-state index contributed by atoms with van der Waals surface area (Å²) in [5.41, 5.74) is 8.51.